The second-order valence-electron chi connectivity index (χ2n) is 7.18. The van der Waals surface area contributed by atoms with Gasteiger partial charge in [0.15, 0.2) is 11.5 Å². The molecule has 1 atom stereocenters. The van der Waals surface area contributed by atoms with Crippen LogP contribution in [-0.2, 0) is 16.6 Å². The lowest BCUT2D eigenvalue weighted by Gasteiger charge is -2.27. The van der Waals surface area contributed by atoms with Crippen LogP contribution in [0.2, 0.25) is 5.02 Å². The summed E-state index contributed by atoms with van der Waals surface area (Å²) in [6.45, 7) is 3.58. The maximum Gasteiger partial charge on any atom is 0.247 e. The van der Waals surface area contributed by atoms with Crippen LogP contribution < -0.4 is 14.2 Å². The number of nitrogens with zero attached hydrogens (tertiary/aromatic N) is 3. The van der Waals surface area contributed by atoms with E-state index < -0.39 is 10.0 Å². The molecular weight excluding hydrogens is 470 g/mol. The first kappa shape index (κ1) is 24.8. The maximum absolute atomic E-state index is 13.6. The Kier molecular flexibility index (Phi) is 7.83. The number of rotatable bonds is 10. The summed E-state index contributed by atoms with van der Waals surface area (Å²) < 4.78 is 49.7. The van der Waals surface area contributed by atoms with Gasteiger partial charge in [-0.15, -0.1) is 0 Å². The van der Waals surface area contributed by atoms with Gasteiger partial charge in [-0.1, -0.05) is 23.7 Å². The predicted octanol–water partition coefficient (Wildman–Crippen LogP) is 4.41. The second-order valence-corrected chi connectivity index (χ2v) is 9.48. The third-order valence-electron chi connectivity index (χ3n) is 5.20. The van der Waals surface area contributed by atoms with E-state index in [0.29, 0.717) is 29.3 Å². The number of ether oxygens (including phenoxy) is 3. The summed E-state index contributed by atoms with van der Waals surface area (Å²) in [4.78, 5) is 4.37. The predicted molar refractivity (Wildman–Crippen MR) is 123 cm³/mol. The van der Waals surface area contributed by atoms with E-state index in [1.54, 1.807) is 38.3 Å². The summed E-state index contributed by atoms with van der Waals surface area (Å²) in [6.07, 6.45) is 0.568. The summed E-state index contributed by atoms with van der Waals surface area (Å²) in [7, 11) is 0.489. The molecule has 1 aromatic heterocycles. The maximum atomic E-state index is 13.6. The zero-order chi connectivity index (χ0) is 24.2. The van der Waals surface area contributed by atoms with Crippen LogP contribution in [0.4, 0.5) is 0 Å². The average Bonchev–Trinajstić information content (AvgIpc) is 3.30. The van der Waals surface area contributed by atoms with Gasteiger partial charge in [0.25, 0.3) is 0 Å². The second kappa shape index (κ2) is 10.4. The highest BCUT2D eigenvalue weighted by atomic mass is 35.5. The Labute approximate surface area is 198 Å². The first-order valence-corrected chi connectivity index (χ1v) is 12.0. The summed E-state index contributed by atoms with van der Waals surface area (Å²) in [5.41, 5.74) is 0.636. The molecular formula is C22H26ClN3O6S. The van der Waals surface area contributed by atoms with Crippen molar-refractivity contribution in [3.63, 3.8) is 0 Å². The average molecular weight is 496 g/mol. The van der Waals surface area contributed by atoms with Crippen molar-refractivity contribution in [3.8, 4) is 28.6 Å². The molecule has 0 saturated carbocycles. The first-order chi connectivity index (χ1) is 15.7. The van der Waals surface area contributed by atoms with Crippen LogP contribution >= 0.6 is 11.6 Å². The van der Waals surface area contributed by atoms with Crippen LogP contribution in [0.15, 0.2) is 45.8 Å². The Morgan fingerprint density at radius 1 is 1.03 bits per heavy atom. The number of benzene rings is 2. The molecule has 0 aliphatic carbocycles. The van der Waals surface area contributed by atoms with E-state index in [-0.39, 0.29) is 34.1 Å². The van der Waals surface area contributed by atoms with Crippen LogP contribution in [0.1, 0.15) is 26.2 Å². The molecule has 0 radical (unpaired) electrons. The molecule has 11 heteroatoms. The van der Waals surface area contributed by atoms with Crippen LogP contribution in [0.5, 0.6) is 17.2 Å². The van der Waals surface area contributed by atoms with Crippen molar-refractivity contribution < 1.29 is 27.2 Å². The Hall–Kier alpha value is -2.82. The fourth-order valence-electron chi connectivity index (χ4n) is 3.20. The molecule has 1 unspecified atom stereocenters. The standard InChI is InChI=1S/C22H26ClN3O6S/c1-6-14(2)26(33(27,28)20-12-16(23)8-10-18(20)30-4)13-21-24-22(25-32-21)15-7-9-17(29-3)19(11-15)31-5/h7-12,14H,6,13H2,1-5H3. The van der Waals surface area contributed by atoms with Crippen LogP contribution in [0.25, 0.3) is 11.4 Å². The summed E-state index contributed by atoms with van der Waals surface area (Å²) in [6, 6.07) is 9.31. The van der Waals surface area contributed by atoms with Gasteiger partial charge in [-0.05, 0) is 49.7 Å². The van der Waals surface area contributed by atoms with E-state index >= 15 is 0 Å². The molecule has 178 valence electrons. The van der Waals surface area contributed by atoms with Crippen LogP contribution in [0, 0.1) is 0 Å². The molecule has 0 N–H and O–H groups in total. The Balaban J connectivity index is 1.96. The van der Waals surface area contributed by atoms with Gasteiger partial charge in [-0.3, -0.25) is 0 Å². The number of aromatic nitrogens is 2. The zero-order valence-corrected chi connectivity index (χ0v) is 20.6. The summed E-state index contributed by atoms with van der Waals surface area (Å²) in [5.74, 6) is 1.72. The lowest BCUT2D eigenvalue weighted by molar-refractivity contribution is 0.271. The highest BCUT2D eigenvalue weighted by Crippen LogP contribution is 2.33. The zero-order valence-electron chi connectivity index (χ0n) is 19.0. The largest absolute Gasteiger partial charge is 0.495 e. The smallest absolute Gasteiger partial charge is 0.247 e. The van der Waals surface area contributed by atoms with Crippen molar-refractivity contribution in [2.24, 2.45) is 0 Å². The third kappa shape index (κ3) is 5.23. The van der Waals surface area contributed by atoms with E-state index in [2.05, 4.69) is 10.1 Å². The fourth-order valence-corrected chi connectivity index (χ4v) is 5.28. The fraction of sp³-hybridized carbons (Fsp3) is 0.364. The number of hydrogen-bond donors (Lipinski definition) is 0. The van der Waals surface area contributed by atoms with Crippen molar-refractivity contribution >= 4 is 21.6 Å². The minimum Gasteiger partial charge on any atom is -0.495 e. The minimum atomic E-state index is -3.99. The molecule has 0 spiro atoms. The molecule has 2 aromatic carbocycles. The van der Waals surface area contributed by atoms with Crippen molar-refractivity contribution in [3.05, 3.63) is 47.3 Å². The minimum absolute atomic E-state index is 0.0302. The van der Waals surface area contributed by atoms with Crippen molar-refractivity contribution in [1.29, 1.82) is 0 Å². The van der Waals surface area contributed by atoms with E-state index in [1.165, 1.54) is 30.7 Å². The van der Waals surface area contributed by atoms with E-state index in [0.717, 1.165) is 0 Å². The van der Waals surface area contributed by atoms with Gasteiger partial charge in [-0.2, -0.15) is 9.29 Å². The normalized spacial score (nSPS) is 12.6. The topological polar surface area (TPSA) is 104 Å². The number of sulfonamides is 1. The van der Waals surface area contributed by atoms with Crippen molar-refractivity contribution in [1.82, 2.24) is 14.4 Å². The molecule has 0 aliphatic heterocycles. The number of hydrogen-bond acceptors (Lipinski definition) is 8. The van der Waals surface area contributed by atoms with E-state index in [1.807, 2.05) is 6.92 Å². The van der Waals surface area contributed by atoms with Crippen molar-refractivity contribution in [2.45, 2.75) is 37.8 Å². The van der Waals surface area contributed by atoms with Gasteiger partial charge in [0.2, 0.25) is 21.7 Å². The monoisotopic (exact) mass is 495 g/mol. The molecule has 3 aromatic rings. The molecule has 0 amide bonds. The Morgan fingerprint density at radius 3 is 2.33 bits per heavy atom. The SMILES string of the molecule is CCC(C)N(Cc1nc(-c2ccc(OC)c(OC)c2)no1)S(=O)(=O)c1cc(Cl)ccc1OC. The van der Waals surface area contributed by atoms with Gasteiger partial charge in [0.05, 0.1) is 27.9 Å². The lowest BCUT2D eigenvalue weighted by atomic mass is 10.2. The van der Waals surface area contributed by atoms with E-state index in [9.17, 15) is 8.42 Å². The van der Waals surface area contributed by atoms with Gasteiger partial charge < -0.3 is 18.7 Å². The molecule has 1 heterocycles. The van der Waals surface area contributed by atoms with Crippen molar-refractivity contribution in [2.75, 3.05) is 21.3 Å². The number of methoxy groups -OCH3 is 3. The third-order valence-corrected chi connectivity index (χ3v) is 7.41. The Bertz CT molecular complexity index is 1210. The molecule has 0 aliphatic rings. The summed E-state index contributed by atoms with van der Waals surface area (Å²) in [5, 5.41) is 4.29. The molecule has 0 bridgehead atoms. The molecule has 3 rings (SSSR count). The molecule has 33 heavy (non-hydrogen) atoms. The summed E-state index contributed by atoms with van der Waals surface area (Å²) >= 11 is 6.08. The van der Waals surface area contributed by atoms with Gasteiger partial charge in [0, 0.05) is 16.6 Å². The van der Waals surface area contributed by atoms with Crippen LogP contribution in [0.3, 0.4) is 0 Å². The first-order valence-electron chi connectivity index (χ1n) is 10.2. The molecule has 9 nitrogen and oxygen atoms in total. The highest BCUT2D eigenvalue weighted by molar-refractivity contribution is 7.89. The molecule has 0 saturated heterocycles. The van der Waals surface area contributed by atoms with Gasteiger partial charge >= 0.3 is 0 Å². The van der Waals surface area contributed by atoms with Gasteiger partial charge in [-0.25, -0.2) is 8.42 Å². The Morgan fingerprint density at radius 2 is 1.70 bits per heavy atom. The highest BCUT2D eigenvalue weighted by Gasteiger charge is 2.33. The quantitative estimate of drug-likeness (QED) is 0.407. The van der Waals surface area contributed by atoms with E-state index in [4.69, 9.17) is 30.3 Å². The molecule has 0 fully saturated rings. The lowest BCUT2D eigenvalue weighted by Crippen LogP contribution is -2.38. The number of halogens is 1. The van der Waals surface area contributed by atoms with Crippen LogP contribution in [-0.4, -0.2) is 50.2 Å². The van der Waals surface area contributed by atoms with Gasteiger partial charge in [0.1, 0.15) is 10.6 Å².